The molecule has 3 aromatic rings. The van der Waals surface area contributed by atoms with E-state index in [0.29, 0.717) is 10.0 Å². The second-order valence-electron chi connectivity index (χ2n) is 8.66. The predicted octanol–water partition coefficient (Wildman–Crippen LogP) is 4.79. The number of ether oxygens (including phenoxy) is 1. The lowest BCUT2D eigenvalue weighted by Crippen LogP contribution is -2.53. The van der Waals surface area contributed by atoms with Crippen molar-refractivity contribution in [3.63, 3.8) is 0 Å². The molecule has 0 spiro atoms. The Morgan fingerprint density at radius 2 is 2.00 bits per heavy atom. The van der Waals surface area contributed by atoms with Crippen LogP contribution >= 0.6 is 23.2 Å². The zero-order valence-electron chi connectivity index (χ0n) is 17.8. The first-order valence-electron chi connectivity index (χ1n) is 10.9. The number of fused-ring (bicyclic) bond motifs is 1. The fourth-order valence-corrected chi connectivity index (χ4v) is 5.46. The summed E-state index contributed by atoms with van der Waals surface area (Å²) in [6.07, 6.45) is 2.63. The van der Waals surface area contributed by atoms with Gasteiger partial charge >= 0.3 is 0 Å². The molecular weight excluding hydrogens is 433 g/mol. The van der Waals surface area contributed by atoms with Crippen LogP contribution in [0.3, 0.4) is 0 Å². The van der Waals surface area contributed by atoms with Crippen LogP contribution in [-0.4, -0.2) is 48.3 Å². The highest BCUT2D eigenvalue weighted by Gasteiger charge is 2.34. The Labute approximate surface area is 192 Å². The monoisotopic (exact) mass is 459 g/mol. The summed E-state index contributed by atoms with van der Waals surface area (Å²) in [7, 11) is 1.68. The molecule has 0 unspecified atom stereocenters. The van der Waals surface area contributed by atoms with Crippen LogP contribution in [0.1, 0.15) is 31.4 Å². The summed E-state index contributed by atoms with van der Waals surface area (Å²) < 4.78 is 7.59. The van der Waals surface area contributed by atoms with Gasteiger partial charge in [-0.2, -0.15) is 0 Å². The van der Waals surface area contributed by atoms with Crippen molar-refractivity contribution in [3.8, 4) is 5.75 Å². The summed E-state index contributed by atoms with van der Waals surface area (Å²) in [5.74, 6) is 2.29. The number of hydrogen-bond donors (Lipinski definition) is 1. The van der Waals surface area contributed by atoms with Crippen LogP contribution in [0.2, 0.25) is 10.0 Å². The minimum atomic E-state index is -0.0906. The SMILES string of the molecule is COc1cc(N2CC([C@H]3CCCNC3)C2)cc2c1nnn2[C@H](C)c1ccc(Cl)cc1Cl. The van der Waals surface area contributed by atoms with Gasteiger partial charge in [0, 0.05) is 34.9 Å². The first kappa shape index (κ1) is 20.9. The van der Waals surface area contributed by atoms with E-state index in [1.165, 1.54) is 12.8 Å². The number of methoxy groups -OCH3 is 1. The van der Waals surface area contributed by atoms with Crippen LogP contribution in [0, 0.1) is 11.8 Å². The van der Waals surface area contributed by atoms with Gasteiger partial charge in [0.25, 0.3) is 0 Å². The van der Waals surface area contributed by atoms with Crippen molar-refractivity contribution in [3.05, 3.63) is 45.9 Å². The normalized spacial score (nSPS) is 20.6. The maximum atomic E-state index is 6.47. The molecule has 6 nitrogen and oxygen atoms in total. The first-order chi connectivity index (χ1) is 15.0. The standard InChI is InChI=1S/C23H27Cl2N5O/c1-14(19-6-5-17(24)8-20(19)25)30-21-9-18(10-22(31-2)23(21)27-28-30)29-12-16(13-29)15-4-3-7-26-11-15/h5-6,8-10,14-16,26H,3-4,7,11-13H2,1-2H3/t14-,15+/m1/s1. The highest BCUT2D eigenvalue weighted by Crippen LogP contribution is 2.38. The molecule has 0 amide bonds. The molecule has 2 atom stereocenters. The molecule has 31 heavy (non-hydrogen) atoms. The van der Waals surface area contributed by atoms with Crippen LogP contribution in [0.15, 0.2) is 30.3 Å². The summed E-state index contributed by atoms with van der Waals surface area (Å²) in [5, 5.41) is 13.6. The van der Waals surface area contributed by atoms with Gasteiger partial charge in [0.05, 0.1) is 18.7 Å². The van der Waals surface area contributed by atoms with E-state index in [0.717, 1.165) is 66.0 Å². The Hall–Kier alpha value is -2.02. The van der Waals surface area contributed by atoms with Crippen molar-refractivity contribution in [2.45, 2.75) is 25.8 Å². The van der Waals surface area contributed by atoms with Crippen LogP contribution in [0.4, 0.5) is 5.69 Å². The Morgan fingerprint density at radius 3 is 2.71 bits per heavy atom. The average molecular weight is 460 g/mol. The molecule has 164 valence electrons. The van der Waals surface area contributed by atoms with Crippen LogP contribution in [0.5, 0.6) is 5.75 Å². The minimum Gasteiger partial charge on any atom is -0.494 e. The molecule has 1 aromatic heterocycles. The summed E-state index contributed by atoms with van der Waals surface area (Å²) in [6, 6.07) is 9.73. The highest BCUT2D eigenvalue weighted by atomic mass is 35.5. The molecule has 0 bridgehead atoms. The summed E-state index contributed by atoms with van der Waals surface area (Å²) in [4.78, 5) is 2.43. The summed E-state index contributed by atoms with van der Waals surface area (Å²) in [6.45, 7) is 6.55. The molecule has 1 N–H and O–H groups in total. The first-order valence-corrected chi connectivity index (χ1v) is 11.6. The van der Waals surface area contributed by atoms with E-state index in [1.54, 1.807) is 13.2 Å². The number of anilines is 1. The average Bonchev–Trinajstić information content (AvgIpc) is 3.16. The fourth-order valence-electron chi connectivity index (χ4n) is 4.89. The van der Waals surface area contributed by atoms with Gasteiger partial charge in [-0.05, 0) is 68.5 Å². The predicted molar refractivity (Wildman–Crippen MR) is 126 cm³/mol. The highest BCUT2D eigenvalue weighted by molar-refractivity contribution is 6.35. The number of halogens is 2. The van der Waals surface area contributed by atoms with Gasteiger partial charge in [-0.3, -0.25) is 0 Å². The quantitative estimate of drug-likeness (QED) is 0.594. The molecule has 3 heterocycles. The molecule has 2 fully saturated rings. The molecule has 2 aliphatic rings. The van der Waals surface area contributed by atoms with Crippen molar-refractivity contribution in [2.24, 2.45) is 11.8 Å². The summed E-state index contributed by atoms with van der Waals surface area (Å²) >= 11 is 12.6. The number of nitrogens with one attached hydrogen (secondary N) is 1. The zero-order valence-corrected chi connectivity index (χ0v) is 19.3. The number of nitrogens with zero attached hydrogens (tertiary/aromatic N) is 4. The maximum Gasteiger partial charge on any atom is 0.155 e. The van der Waals surface area contributed by atoms with Crippen LogP contribution in [0.25, 0.3) is 11.0 Å². The third-order valence-electron chi connectivity index (χ3n) is 6.80. The van der Waals surface area contributed by atoms with Crippen molar-refractivity contribution in [1.82, 2.24) is 20.3 Å². The largest absolute Gasteiger partial charge is 0.494 e. The Kier molecular flexibility index (Phi) is 5.71. The van der Waals surface area contributed by atoms with Crippen molar-refractivity contribution >= 4 is 39.9 Å². The van der Waals surface area contributed by atoms with Crippen LogP contribution in [-0.2, 0) is 0 Å². The van der Waals surface area contributed by atoms with E-state index >= 15 is 0 Å². The second kappa shape index (κ2) is 8.49. The van der Waals surface area contributed by atoms with E-state index in [1.807, 2.05) is 16.8 Å². The van der Waals surface area contributed by atoms with Gasteiger partial charge in [-0.25, -0.2) is 4.68 Å². The van der Waals surface area contributed by atoms with Gasteiger partial charge in [-0.1, -0.05) is 34.5 Å². The Bertz CT molecular complexity index is 1090. The molecule has 0 aliphatic carbocycles. The van der Waals surface area contributed by atoms with E-state index in [-0.39, 0.29) is 6.04 Å². The molecular formula is C23H27Cl2N5O. The number of aromatic nitrogens is 3. The topological polar surface area (TPSA) is 55.2 Å². The van der Waals surface area contributed by atoms with Crippen molar-refractivity contribution in [2.75, 3.05) is 38.2 Å². The smallest absolute Gasteiger partial charge is 0.155 e. The van der Waals surface area contributed by atoms with Crippen LogP contribution < -0.4 is 15.0 Å². The Balaban J connectivity index is 1.45. The van der Waals surface area contributed by atoms with Gasteiger partial charge in [-0.15, -0.1) is 5.10 Å². The maximum absolute atomic E-state index is 6.47. The lowest BCUT2D eigenvalue weighted by Gasteiger charge is -2.46. The van der Waals surface area contributed by atoms with Crippen molar-refractivity contribution < 1.29 is 4.74 Å². The number of hydrogen-bond acceptors (Lipinski definition) is 5. The number of benzene rings is 2. The zero-order chi connectivity index (χ0) is 21.5. The van der Waals surface area contributed by atoms with Crippen molar-refractivity contribution in [1.29, 1.82) is 0 Å². The third kappa shape index (κ3) is 3.86. The molecule has 5 rings (SSSR count). The summed E-state index contributed by atoms with van der Waals surface area (Å²) in [5.41, 5.74) is 3.81. The molecule has 0 saturated carbocycles. The molecule has 2 saturated heterocycles. The third-order valence-corrected chi connectivity index (χ3v) is 7.37. The van der Waals surface area contributed by atoms with Gasteiger partial charge in [0.2, 0.25) is 0 Å². The number of rotatable bonds is 5. The van der Waals surface area contributed by atoms with E-state index in [4.69, 9.17) is 27.9 Å². The van der Waals surface area contributed by atoms with Gasteiger partial charge in [0.15, 0.2) is 11.3 Å². The van der Waals surface area contributed by atoms with E-state index in [2.05, 4.69) is 39.6 Å². The molecule has 8 heteroatoms. The minimum absolute atomic E-state index is 0.0906. The lowest BCUT2D eigenvalue weighted by molar-refractivity contribution is 0.223. The molecule has 2 aliphatic heterocycles. The van der Waals surface area contributed by atoms with E-state index < -0.39 is 0 Å². The lowest BCUT2D eigenvalue weighted by atomic mass is 9.81. The molecule has 0 radical (unpaired) electrons. The van der Waals surface area contributed by atoms with E-state index in [9.17, 15) is 0 Å². The fraction of sp³-hybridized carbons (Fsp3) is 0.478. The second-order valence-corrected chi connectivity index (χ2v) is 9.51. The Morgan fingerprint density at radius 1 is 1.16 bits per heavy atom. The number of piperidine rings is 1. The molecule has 2 aromatic carbocycles. The van der Waals surface area contributed by atoms with Gasteiger partial charge in [0.1, 0.15) is 0 Å². The van der Waals surface area contributed by atoms with Gasteiger partial charge < -0.3 is 15.0 Å².